The van der Waals surface area contributed by atoms with Crippen LogP contribution in [0, 0.1) is 0 Å². The van der Waals surface area contributed by atoms with Crippen LogP contribution in [0.5, 0.6) is 11.5 Å². The normalized spacial score (nSPS) is 11.5. The van der Waals surface area contributed by atoms with Crippen LogP contribution in [0.3, 0.4) is 0 Å². The van der Waals surface area contributed by atoms with Crippen LogP contribution in [0.2, 0.25) is 0 Å². The van der Waals surface area contributed by atoms with Crippen molar-refractivity contribution >= 4 is 21.8 Å². The van der Waals surface area contributed by atoms with Crippen molar-refractivity contribution < 1.29 is 37.0 Å². The Balaban J connectivity index is 2.86. The first-order valence-electron chi connectivity index (χ1n) is 8.86. The third kappa shape index (κ3) is 4.11. The molecule has 0 unspecified atom stereocenters. The Morgan fingerprint density at radius 2 is 1.33 bits per heavy atom. The van der Waals surface area contributed by atoms with Crippen molar-refractivity contribution in [2.24, 2.45) is 0 Å². The lowest BCUT2D eigenvalue weighted by atomic mass is 9.79. The molecular weight excluding hydrogens is 412 g/mol. The Kier molecular flexibility index (Phi) is 7.09. The molecule has 0 heterocycles. The number of ether oxygens (including phenoxy) is 4. The molecule has 0 aliphatic rings. The van der Waals surface area contributed by atoms with Crippen molar-refractivity contribution in [2.75, 3.05) is 28.4 Å². The van der Waals surface area contributed by atoms with Gasteiger partial charge in [0.1, 0.15) is 11.5 Å². The van der Waals surface area contributed by atoms with E-state index in [0.717, 1.165) is 14.2 Å². The summed E-state index contributed by atoms with van der Waals surface area (Å²) in [6, 6.07) is 10.8. The Labute approximate surface area is 175 Å². The molecule has 0 radical (unpaired) electrons. The van der Waals surface area contributed by atoms with Crippen molar-refractivity contribution in [1.29, 1.82) is 0 Å². The van der Waals surface area contributed by atoms with Crippen LogP contribution in [0.25, 0.3) is 0 Å². The maximum Gasteiger partial charge on any atom is 0.327 e. The predicted octanol–water partition coefficient (Wildman–Crippen LogP) is 2.28. The average molecular weight is 436 g/mol. The number of rotatable bonds is 8. The molecule has 0 aliphatic carbocycles. The van der Waals surface area contributed by atoms with Gasteiger partial charge in [0.2, 0.25) is 0 Å². The van der Waals surface area contributed by atoms with Crippen LogP contribution in [0.15, 0.2) is 47.4 Å². The first-order valence-corrected chi connectivity index (χ1v) is 10.5. The number of methoxy groups -OCH3 is 4. The molecule has 0 fully saturated rings. The summed E-state index contributed by atoms with van der Waals surface area (Å²) >= 11 is 0. The molecular formula is C21H24O8S. The molecule has 9 heteroatoms. The van der Waals surface area contributed by atoms with Crippen LogP contribution in [-0.2, 0) is 40.1 Å². The van der Waals surface area contributed by atoms with Gasteiger partial charge in [-0.1, -0.05) is 18.2 Å². The summed E-state index contributed by atoms with van der Waals surface area (Å²) in [4.78, 5) is 25.5. The Morgan fingerprint density at radius 1 is 0.833 bits per heavy atom. The van der Waals surface area contributed by atoms with Crippen LogP contribution < -0.4 is 9.47 Å². The maximum atomic E-state index is 13.1. The second-order valence-electron chi connectivity index (χ2n) is 6.50. The zero-order chi connectivity index (χ0) is 22.5. The number of sulfone groups is 1. The summed E-state index contributed by atoms with van der Waals surface area (Å²) in [5.74, 6) is -2.12. The van der Waals surface area contributed by atoms with E-state index >= 15 is 0 Å². The molecule has 30 heavy (non-hydrogen) atoms. The Morgan fingerprint density at radius 3 is 1.80 bits per heavy atom. The fourth-order valence-corrected chi connectivity index (χ4v) is 4.66. The van der Waals surface area contributed by atoms with Gasteiger partial charge in [0, 0.05) is 11.1 Å². The van der Waals surface area contributed by atoms with Gasteiger partial charge in [-0.2, -0.15) is 0 Å². The molecule has 0 bridgehead atoms. The maximum absolute atomic E-state index is 13.1. The van der Waals surface area contributed by atoms with Crippen LogP contribution in [0.1, 0.15) is 18.1 Å². The van der Waals surface area contributed by atoms with Gasteiger partial charge in [0.05, 0.1) is 39.1 Å². The van der Waals surface area contributed by atoms with Crippen LogP contribution in [-0.4, -0.2) is 48.8 Å². The molecule has 8 nitrogen and oxygen atoms in total. The zero-order valence-corrected chi connectivity index (χ0v) is 18.2. The standard InChI is InChI=1S/C21H24O8S/c1-21(19(22)28-4,20(23)29-5)18-15(16(26-2)11-12-17(18)27-3)13-30(24,25)14-9-7-6-8-10-14/h6-12H,13H2,1-5H3. The largest absolute Gasteiger partial charge is 0.496 e. The highest BCUT2D eigenvalue weighted by Crippen LogP contribution is 2.42. The Hall–Kier alpha value is -3.07. The van der Waals surface area contributed by atoms with E-state index < -0.39 is 32.9 Å². The lowest BCUT2D eigenvalue weighted by Crippen LogP contribution is -2.44. The van der Waals surface area contributed by atoms with E-state index in [-0.39, 0.29) is 27.5 Å². The van der Waals surface area contributed by atoms with E-state index in [9.17, 15) is 18.0 Å². The van der Waals surface area contributed by atoms with E-state index in [1.54, 1.807) is 18.2 Å². The number of carbonyl (C=O) groups excluding carboxylic acids is 2. The molecule has 0 atom stereocenters. The minimum absolute atomic E-state index is 0.00237. The molecule has 0 saturated heterocycles. The van der Waals surface area contributed by atoms with Gasteiger partial charge >= 0.3 is 11.9 Å². The topological polar surface area (TPSA) is 105 Å². The molecule has 2 aromatic rings. The molecule has 2 rings (SSSR count). The van der Waals surface area contributed by atoms with Crippen molar-refractivity contribution in [3.63, 3.8) is 0 Å². The molecule has 0 saturated carbocycles. The summed E-state index contributed by atoms with van der Waals surface area (Å²) in [6.07, 6.45) is 0. The van der Waals surface area contributed by atoms with Gasteiger partial charge in [-0.15, -0.1) is 0 Å². The van der Waals surface area contributed by atoms with Crippen molar-refractivity contribution in [3.8, 4) is 11.5 Å². The molecule has 2 aromatic carbocycles. The van der Waals surface area contributed by atoms with Gasteiger partial charge in [-0.05, 0) is 31.2 Å². The predicted molar refractivity (Wildman–Crippen MR) is 108 cm³/mol. The fraction of sp³-hybridized carbons (Fsp3) is 0.333. The minimum atomic E-state index is -3.86. The molecule has 0 aliphatic heterocycles. The molecule has 0 aromatic heterocycles. The number of hydrogen-bond acceptors (Lipinski definition) is 8. The summed E-state index contributed by atoms with van der Waals surface area (Å²) in [5, 5.41) is 0. The van der Waals surface area contributed by atoms with Gasteiger partial charge in [0.15, 0.2) is 15.3 Å². The second-order valence-corrected chi connectivity index (χ2v) is 8.49. The van der Waals surface area contributed by atoms with Crippen LogP contribution in [0.4, 0.5) is 0 Å². The van der Waals surface area contributed by atoms with Gasteiger partial charge in [0.25, 0.3) is 0 Å². The monoisotopic (exact) mass is 436 g/mol. The van der Waals surface area contributed by atoms with Crippen LogP contribution >= 0.6 is 0 Å². The highest BCUT2D eigenvalue weighted by Gasteiger charge is 2.50. The van der Waals surface area contributed by atoms with Gasteiger partial charge in [-0.25, -0.2) is 8.42 Å². The highest BCUT2D eigenvalue weighted by molar-refractivity contribution is 7.90. The summed E-state index contributed by atoms with van der Waals surface area (Å²) in [7, 11) is 1.09. The summed E-state index contributed by atoms with van der Waals surface area (Å²) < 4.78 is 46.6. The quantitative estimate of drug-likeness (QED) is 0.458. The molecule has 0 spiro atoms. The summed E-state index contributed by atoms with van der Waals surface area (Å²) in [5.41, 5.74) is -1.90. The third-order valence-corrected chi connectivity index (χ3v) is 6.45. The molecule has 162 valence electrons. The second kappa shape index (κ2) is 9.17. The van der Waals surface area contributed by atoms with E-state index in [1.807, 2.05) is 0 Å². The number of hydrogen-bond donors (Lipinski definition) is 0. The molecule has 0 amide bonds. The third-order valence-electron chi connectivity index (χ3n) is 4.80. The van der Waals surface area contributed by atoms with Crippen molar-refractivity contribution in [3.05, 3.63) is 53.6 Å². The Bertz CT molecular complexity index is 1010. The number of esters is 2. The fourth-order valence-electron chi connectivity index (χ4n) is 3.26. The van der Waals surface area contributed by atoms with Gasteiger partial charge in [-0.3, -0.25) is 9.59 Å². The molecule has 0 N–H and O–H groups in total. The highest BCUT2D eigenvalue weighted by atomic mass is 32.2. The van der Waals surface area contributed by atoms with E-state index in [2.05, 4.69) is 0 Å². The smallest absolute Gasteiger partial charge is 0.327 e. The first-order chi connectivity index (χ1) is 14.2. The summed E-state index contributed by atoms with van der Waals surface area (Å²) in [6.45, 7) is 1.29. The van der Waals surface area contributed by atoms with E-state index in [4.69, 9.17) is 18.9 Å². The van der Waals surface area contributed by atoms with Gasteiger partial charge < -0.3 is 18.9 Å². The van der Waals surface area contributed by atoms with E-state index in [1.165, 1.54) is 45.4 Å². The van der Waals surface area contributed by atoms with Crippen molar-refractivity contribution in [1.82, 2.24) is 0 Å². The lowest BCUT2D eigenvalue weighted by molar-refractivity contribution is -0.161. The number of carbonyl (C=O) groups is 2. The van der Waals surface area contributed by atoms with Crippen molar-refractivity contribution in [2.45, 2.75) is 23.0 Å². The number of benzene rings is 2. The lowest BCUT2D eigenvalue weighted by Gasteiger charge is -2.29. The average Bonchev–Trinajstić information content (AvgIpc) is 2.77. The minimum Gasteiger partial charge on any atom is -0.496 e. The first kappa shape index (κ1) is 23.2. The zero-order valence-electron chi connectivity index (χ0n) is 17.4. The van der Waals surface area contributed by atoms with E-state index in [0.29, 0.717) is 0 Å². The SMILES string of the molecule is COC(=O)C(C)(C(=O)OC)c1c(OC)ccc(OC)c1CS(=O)(=O)c1ccccc1.